The molecule has 7 nitrogen and oxygen atoms in total. The molecule has 0 amide bonds. The number of aromatic nitrogens is 4. The van der Waals surface area contributed by atoms with Crippen molar-refractivity contribution in [2.24, 2.45) is 5.73 Å². The molecule has 1 fully saturated rings. The van der Waals surface area contributed by atoms with Crippen LogP contribution in [0.2, 0.25) is 0 Å². The van der Waals surface area contributed by atoms with Crippen molar-refractivity contribution in [3.8, 4) is 0 Å². The van der Waals surface area contributed by atoms with Crippen LogP contribution in [0.5, 0.6) is 0 Å². The first-order valence-corrected chi connectivity index (χ1v) is 7.89. The number of aryl methyl sites for hydroxylation is 1. The molecule has 124 valence electrons. The number of anilines is 1. The molecule has 23 heavy (non-hydrogen) atoms. The lowest BCUT2D eigenvalue weighted by atomic mass is 9.78. The zero-order valence-corrected chi connectivity index (χ0v) is 13.9. The Balaban J connectivity index is 1.81. The summed E-state index contributed by atoms with van der Waals surface area (Å²) in [5.74, 6) is 2.95. The Morgan fingerprint density at radius 1 is 1.39 bits per heavy atom. The number of nitrogens with two attached hydrogens (primary N) is 1. The van der Waals surface area contributed by atoms with Gasteiger partial charge in [-0.1, -0.05) is 0 Å². The molecule has 3 N–H and O–H groups in total. The van der Waals surface area contributed by atoms with Crippen molar-refractivity contribution in [2.45, 2.75) is 44.9 Å². The number of ether oxygens (including phenoxy) is 1. The molecular formula is C16H24N6O. The number of H-pyrrole nitrogens is 1. The van der Waals surface area contributed by atoms with Crippen LogP contribution in [-0.4, -0.2) is 40.1 Å². The molecule has 1 saturated carbocycles. The largest absolute Gasteiger partial charge is 0.377 e. The van der Waals surface area contributed by atoms with E-state index in [4.69, 9.17) is 10.5 Å². The predicted molar refractivity (Wildman–Crippen MR) is 88.1 cm³/mol. The van der Waals surface area contributed by atoms with E-state index in [0.717, 1.165) is 35.9 Å². The van der Waals surface area contributed by atoms with Crippen molar-refractivity contribution >= 4 is 5.82 Å². The van der Waals surface area contributed by atoms with Gasteiger partial charge in [0.05, 0.1) is 6.54 Å². The highest BCUT2D eigenvalue weighted by atomic mass is 16.5. The van der Waals surface area contributed by atoms with Crippen LogP contribution in [0.3, 0.4) is 0 Å². The van der Waals surface area contributed by atoms with Crippen LogP contribution in [0.4, 0.5) is 5.82 Å². The zero-order chi connectivity index (χ0) is 16.4. The number of nitrogens with zero attached hydrogens (tertiary/aromatic N) is 4. The average molecular weight is 316 g/mol. The normalized spacial score (nSPS) is 20.3. The van der Waals surface area contributed by atoms with Gasteiger partial charge < -0.3 is 20.4 Å². The van der Waals surface area contributed by atoms with E-state index in [0.29, 0.717) is 30.9 Å². The highest BCUT2D eigenvalue weighted by molar-refractivity contribution is 5.40. The van der Waals surface area contributed by atoms with Crippen molar-refractivity contribution in [3.05, 3.63) is 35.3 Å². The molecule has 2 aromatic rings. The minimum Gasteiger partial charge on any atom is -0.377 e. The standard InChI is InChI=1S/C16H24N6O/c1-10-7-18-14(19-10)8-22(2)16-6-13(11-4-12(17)5-11)20-15(21-16)9-23-3/h6-7,11-12H,4-5,8-9,17H2,1-3H3,(H,18,19). The van der Waals surface area contributed by atoms with E-state index in [1.54, 1.807) is 7.11 Å². The summed E-state index contributed by atoms with van der Waals surface area (Å²) < 4.78 is 5.21. The van der Waals surface area contributed by atoms with E-state index < -0.39 is 0 Å². The third-order valence-corrected chi connectivity index (χ3v) is 4.18. The van der Waals surface area contributed by atoms with Gasteiger partial charge in [-0.15, -0.1) is 0 Å². The summed E-state index contributed by atoms with van der Waals surface area (Å²) in [4.78, 5) is 18.9. The molecule has 1 aliphatic carbocycles. The molecule has 0 unspecified atom stereocenters. The highest BCUT2D eigenvalue weighted by Gasteiger charge is 2.29. The Morgan fingerprint density at radius 2 is 2.17 bits per heavy atom. The maximum atomic E-state index is 5.91. The van der Waals surface area contributed by atoms with Crippen LogP contribution in [0, 0.1) is 6.92 Å². The predicted octanol–water partition coefficient (Wildman–Crippen LogP) is 1.50. The Labute approximate surface area is 136 Å². The van der Waals surface area contributed by atoms with E-state index in [9.17, 15) is 0 Å². The molecule has 3 rings (SSSR count). The van der Waals surface area contributed by atoms with Crippen molar-refractivity contribution in [1.82, 2.24) is 19.9 Å². The Kier molecular flexibility index (Phi) is 4.58. The van der Waals surface area contributed by atoms with Crippen LogP contribution in [0.25, 0.3) is 0 Å². The van der Waals surface area contributed by atoms with Gasteiger partial charge in [0.25, 0.3) is 0 Å². The molecule has 0 atom stereocenters. The zero-order valence-electron chi connectivity index (χ0n) is 13.9. The summed E-state index contributed by atoms with van der Waals surface area (Å²) in [6.45, 7) is 3.07. The van der Waals surface area contributed by atoms with E-state index in [1.807, 2.05) is 20.2 Å². The number of methoxy groups -OCH3 is 1. The van der Waals surface area contributed by atoms with Gasteiger partial charge in [0, 0.05) is 49.8 Å². The molecular weight excluding hydrogens is 292 g/mol. The molecule has 0 bridgehead atoms. The molecule has 0 spiro atoms. The SMILES string of the molecule is COCc1nc(C2CC(N)C2)cc(N(C)Cc2ncc(C)[nH]2)n1. The van der Waals surface area contributed by atoms with Gasteiger partial charge in [-0.2, -0.15) is 0 Å². The van der Waals surface area contributed by atoms with Crippen molar-refractivity contribution in [2.75, 3.05) is 19.1 Å². The first-order valence-electron chi connectivity index (χ1n) is 7.89. The Bertz CT molecular complexity index is 664. The summed E-state index contributed by atoms with van der Waals surface area (Å²) in [6.07, 6.45) is 3.81. The lowest BCUT2D eigenvalue weighted by Gasteiger charge is -2.32. The third-order valence-electron chi connectivity index (χ3n) is 4.18. The monoisotopic (exact) mass is 316 g/mol. The number of hydrogen-bond acceptors (Lipinski definition) is 6. The fourth-order valence-electron chi connectivity index (χ4n) is 2.86. The first kappa shape index (κ1) is 15.9. The van der Waals surface area contributed by atoms with E-state index in [2.05, 4.69) is 30.9 Å². The second-order valence-electron chi connectivity index (χ2n) is 6.30. The van der Waals surface area contributed by atoms with Crippen molar-refractivity contribution < 1.29 is 4.74 Å². The summed E-state index contributed by atoms with van der Waals surface area (Å²) in [6, 6.07) is 2.36. The van der Waals surface area contributed by atoms with Gasteiger partial charge in [0.15, 0.2) is 5.82 Å². The maximum Gasteiger partial charge on any atom is 0.156 e. The summed E-state index contributed by atoms with van der Waals surface area (Å²) in [7, 11) is 3.66. The molecule has 0 aliphatic heterocycles. The summed E-state index contributed by atoms with van der Waals surface area (Å²) in [5, 5.41) is 0. The van der Waals surface area contributed by atoms with Crippen molar-refractivity contribution in [3.63, 3.8) is 0 Å². The first-order chi connectivity index (χ1) is 11.0. The van der Waals surface area contributed by atoms with Gasteiger partial charge in [-0.05, 0) is 19.8 Å². The Hall–Kier alpha value is -1.99. The fourth-order valence-corrected chi connectivity index (χ4v) is 2.86. The molecule has 0 aromatic carbocycles. The average Bonchev–Trinajstić information content (AvgIpc) is 2.89. The van der Waals surface area contributed by atoms with Crippen LogP contribution in [0.1, 0.15) is 41.8 Å². The lowest BCUT2D eigenvalue weighted by molar-refractivity contribution is 0.177. The molecule has 0 radical (unpaired) electrons. The highest BCUT2D eigenvalue weighted by Crippen LogP contribution is 2.35. The van der Waals surface area contributed by atoms with Crippen LogP contribution >= 0.6 is 0 Å². The van der Waals surface area contributed by atoms with Gasteiger partial charge >= 0.3 is 0 Å². The van der Waals surface area contributed by atoms with Gasteiger partial charge in [-0.3, -0.25) is 0 Å². The van der Waals surface area contributed by atoms with E-state index in [1.165, 1.54) is 0 Å². The Morgan fingerprint density at radius 3 is 2.78 bits per heavy atom. The van der Waals surface area contributed by atoms with Crippen LogP contribution in [-0.2, 0) is 17.9 Å². The number of imidazole rings is 1. The molecule has 2 aromatic heterocycles. The molecule has 1 aliphatic rings. The quantitative estimate of drug-likeness (QED) is 0.839. The van der Waals surface area contributed by atoms with Gasteiger partial charge in [0.2, 0.25) is 0 Å². The second kappa shape index (κ2) is 6.64. The van der Waals surface area contributed by atoms with Gasteiger partial charge in [0.1, 0.15) is 18.2 Å². The fraction of sp³-hybridized carbons (Fsp3) is 0.562. The minimum atomic E-state index is 0.299. The molecule has 0 saturated heterocycles. The summed E-state index contributed by atoms with van der Waals surface area (Å²) >= 11 is 0. The smallest absolute Gasteiger partial charge is 0.156 e. The number of hydrogen-bond donors (Lipinski definition) is 2. The molecule has 7 heteroatoms. The topological polar surface area (TPSA) is 93.0 Å². The number of rotatable bonds is 6. The van der Waals surface area contributed by atoms with Crippen LogP contribution in [0.15, 0.2) is 12.3 Å². The van der Waals surface area contributed by atoms with E-state index >= 15 is 0 Å². The van der Waals surface area contributed by atoms with Gasteiger partial charge in [-0.25, -0.2) is 15.0 Å². The lowest BCUT2D eigenvalue weighted by Crippen LogP contribution is -2.35. The van der Waals surface area contributed by atoms with Crippen LogP contribution < -0.4 is 10.6 Å². The third kappa shape index (κ3) is 3.68. The van der Waals surface area contributed by atoms with E-state index in [-0.39, 0.29) is 0 Å². The molecule has 2 heterocycles. The second-order valence-corrected chi connectivity index (χ2v) is 6.30. The number of nitrogens with one attached hydrogen (secondary N) is 1. The minimum absolute atomic E-state index is 0.299. The maximum absolute atomic E-state index is 5.91. The van der Waals surface area contributed by atoms with Crippen molar-refractivity contribution in [1.29, 1.82) is 0 Å². The number of aromatic amines is 1. The summed E-state index contributed by atoms with van der Waals surface area (Å²) in [5.41, 5.74) is 8.03.